The van der Waals surface area contributed by atoms with E-state index in [9.17, 15) is 10.5 Å². The van der Waals surface area contributed by atoms with Gasteiger partial charge in [0, 0.05) is 43.4 Å². The zero-order valence-electron chi connectivity index (χ0n) is 22.6. The highest BCUT2D eigenvalue weighted by Crippen LogP contribution is 2.43. The minimum Gasteiger partial charge on any atom is -0.455 e. The predicted molar refractivity (Wildman–Crippen MR) is 170 cm³/mol. The minimum absolute atomic E-state index is 0.506. The Labute approximate surface area is 244 Å². The number of aromatic nitrogens is 1. The van der Waals surface area contributed by atoms with E-state index in [1.165, 1.54) is 10.8 Å². The molecule has 0 N–H and O–H groups in total. The van der Waals surface area contributed by atoms with Crippen molar-refractivity contribution in [2.24, 2.45) is 0 Å². The fourth-order valence-electron chi connectivity index (χ4n) is 6.59. The lowest BCUT2D eigenvalue weighted by Gasteiger charge is -2.08. The molecule has 0 atom stereocenters. The summed E-state index contributed by atoms with van der Waals surface area (Å²) in [6, 6.07) is 42.8. The van der Waals surface area contributed by atoms with Crippen molar-refractivity contribution in [3.63, 3.8) is 0 Å². The second-order valence-corrected chi connectivity index (χ2v) is 10.7. The van der Waals surface area contributed by atoms with Crippen LogP contribution < -0.4 is 0 Å². The molecular formula is C38H19N3O2. The molecule has 0 aliphatic rings. The van der Waals surface area contributed by atoms with Crippen molar-refractivity contribution >= 4 is 65.7 Å². The van der Waals surface area contributed by atoms with Crippen molar-refractivity contribution < 1.29 is 8.83 Å². The van der Waals surface area contributed by atoms with Gasteiger partial charge < -0.3 is 13.4 Å². The van der Waals surface area contributed by atoms with Gasteiger partial charge in [-0.3, -0.25) is 0 Å². The lowest BCUT2D eigenvalue weighted by molar-refractivity contribution is 0.663. The normalized spacial score (nSPS) is 11.7. The zero-order chi connectivity index (χ0) is 28.7. The van der Waals surface area contributed by atoms with Crippen LogP contribution in [-0.4, -0.2) is 4.57 Å². The van der Waals surface area contributed by atoms with E-state index in [0.717, 1.165) is 60.6 Å². The van der Waals surface area contributed by atoms with Gasteiger partial charge in [-0.15, -0.1) is 0 Å². The van der Waals surface area contributed by atoms with Crippen molar-refractivity contribution in [1.29, 1.82) is 10.5 Å². The van der Waals surface area contributed by atoms with Crippen molar-refractivity contribution in [1.82, 2.24) is 4.57 Å². The quantitative estimate of drug-likeness (QED) is 0.215. The molecule has 0 amide bonds. The van der Waals surface area contributed by atoms with Gasteiger partial charge in [0.05, 0.1) is 40.0 Å². The van der Waals surface area contributed by atoms with E-state index < -0.39 is 0 Å². The number of furan rings is 2. The molecule has 0 saturated carbocycles. The predicted octanol–water partition coefficient (Wildman–Crippen LogP) is 9.99. The summed E-state index contributed by atoms with van der Waals surface area (Å²) in [5.41, 5.74) is 8.65. The van der Waals surface area contributed by atoms with E-state index in [4.69, 9.17) is 8.83 Å². The number of rotatable bonds is 2. The first kappa shape index (κ1) is 23.4. The van der Waals surface area contributed by atoms with Crippen LogP contribution in [0.1, 0.15) is 11.1 Å². The lowest BCUT2D eigenvalue weighted by atomic mass is 9.97. The van der Waals surface area contributed by atoms with Crippen LogP contribution in [-0.2, 0) is 0 Å². The topological polar surface area (TPSA) is 78.8 Å². The van der Waals surface area contributed by atoms with E-state index in [1.807, 2.05) is 36.4 Å². The monoisotopic (exact) mass is 549 g/mol. The smallest absolute Gasteiger partial charge is 0.159 e. The highest BCUT2D eigenvalue weighted by atomic mass is 16.3. The molecule has 9 aromatic rings. The molecule has 0 unspecified atom stereocenters. The van der Waals surface area contributed by atoms with Gasteiger partial charge >= 0.3 is 0 Å². The molecule has 3 heterocycles. The Morgan fingerprint density at radius 1 is 0.465 bits per heavy atom. The van der Waals surface area contributed by atoms with Crippen molar-refractivity contribution in [3.8, 4) is 29.0 Å². The molecule has 3 aromatic heterocycles. The first-order valence-corrected chi connectivity index (χ1v) is 14.0. The number of hydrogen-bond donors (Lipinski definition) is 0. The Morgan fingerprint density at radius 3 is 1.84 bits per heavy atom. The molecule has 0 spiro atoms. The third-order valence-electron chi connectivity index (χ3n) is 8.44. The van der Waals surface area contributed by atoms with Crippen LogP contribution in [0.25, 0.3) is 82.5 Å². The second kappa shape index (κ2) is 8.60. The van der Waals surface area contributed by atoms with Gasteiger partial charge in [-0.05, 0) is 48.5 Å². The summed E-state index contributed by atoms with van der Waals surface area (Å²) < 4.78 is 15.5. The first-order valence-electron chi connectivity index (χ1n) is 14.0. The van der Waals surface area contributed by atoms with E-state index in [2.05, 4.69) is 89.5 Å². The SMILES string of the molecule is N#Cc1ccc2oc3c(-c4cccc5c4oc4c(-n6c7ccccc7c7ccccc76)cccc45)cc(C#N)cc3c2c1. The van der Waals surface area contributed by atoms with Gasteiger partial charge in [-0.1, -0.05) is 66.7 Å². The third kappa shape index (κ3) is 3.19. The maximum absolute atomic E-state index is 9.96. The summed E-state index contributed by atoms with van der Waals surface area (Å²) in [7, 11) is 0. The van der Waals surface area contributed by atoms with E-state index in [0.29, 0.717) is 22.3 Å². The summed E-state index contributed by atoms with van der Waals surface area (Å²) in [5, 5.41) is 25.4. The van der Waals surface area contributed by atoms with Crippen molar-refractivity contribution in [2.75, 3.05) is 0 Å². The van der Waals surface area contributed by atoms with Crippen LogP contribution in [0.2, 0.25) is 0 Å². The van der Waals surface area contributed by atoms with Crippen molar-refractivity contribution in [2.45, 2.75) is 0 Å². The van der Waals surface area contributed by atoms with E-state index in [1.54, 1.807) is 6.07 Å². The van der Waals surface area contributed by atoms with Crippen LogP contribution in [0, 0.1) is 22.7 Å². The van der Waals surface area contributed by atoms with E-state index in [-0.39, 0.29) is 0 Å². The summed E-state index contributed by atoms with van der Waals surface area (Å²) in [4.78, 5) is 0. The average Bonchev–Trinajstić information content (AvgIpc) is 3.73. The molecule has 0 bridgehead atoms. The fourth-order valence-corrected chi connectivity index (χ4v) is 6.59. The Hall–Kier alpha value is -6.30. The lowest BCUT2D eigenvalue weighted by Crippen LogP contribution is -1.93. The van der Waals surface area contributed by atoms with E-state index >= 15 is 0 Å². The second-order valence-electron chi connectivity index (χ2n) is 10.7. The molecule has 0 fully saturated rings. The standard InChI is InChI=1S/C38H19N3O2/c39-20-22-15-16-35-29(17-22)31-19-23(21-40)18-30(37(31)42-35)28-10-5-9-26-27-11-6-14-34(38(27)43-36(26)28)41-32-12-3-1-7-24(32)25-8-2-4-13-33(25)41/h1-19H. The molecule has 5 heteroatoms. The third-order valence-corrected chi connectivity index (χ3v) is 8.44. The molecule has 9 rings (SSSR count). The summed E-state index contributed by atoms with van der Waals surface area (Å²) >= 11 is 0. The Balaban J connectivity index is 1.37. The van der Waals surface area contributed by atoms with Crippen LogP contribution >= 0.6 is 0 Å². The maximum atomic E-state index is 9.96. The van der Waals surface area contributed by atoms with Crippen LogP contribution in [0.5, 0.6) is 0 Å². The highest BCUT2D eigenvalue weighted by molar-refractivity contribution is 6.17. The fraction of sp³-hybridized carbons (Fsp3) is 0. The van der Waals surface area contributed by atoms with Crippen LogP contribution in [0.15, 0.2) is 124 Å². The Kier molecular flexibility index (Phi) is 4.68. The summed E-state index contributed by atoms with van der Waals surface area (Å²) in [5.74, 6) is 0. The molecule has 5 nitrogen and oxygen atoms in total. The van der Waals surface area contributed by atoms with Gasteiger partial charge in [-0.2, -0.15) is 10.5 Å². The molecule has 0 aliphatic heterocycles. The van der Waals surface area contributed by atoms with Gasteiger partial charge in [0.2, 0.25) is 0 Å². The number of fused-ring (bicyclic) bond motifs is 9. The largest absolute Gasteiger partial charge is 0.455 e. The molecule has 198 valence electrons. The average molecular weight is 550 g/mol. The molecule has 0 aliphatic carbocycles. The number of hydrogen-bond acceptors (Lipinski definition) is 4. The van der Waals surface area contributed by atoms with Gasteiger partial charge in [-0.25, -0.2) is 0 Å². The van der Waals surface area contributed by atoms with Crippen molar-refractivity contribution in [3.05, 3.63) is 126 Å². The summed E-state index contributed by atoms with van der Waals surface area (Å²) in [6.07, 6.45) is 0. The number of nitrogens with zero attached hydrogens (tertiary/aromatic N) is 3. The molecule has 43 heavy (non-hydrogen) atoms. The number of para-hydroxylation sites is 4. The van der Waals surface area contributed by atoms with Crippen LogP contribution in [0.3, 0.4) is 0 Å². The molecular weight excluding hydrogens is 530 g/mol. The maximum Gasteiger partial charge on any atom is 0.159 e. The van der Waals surface area contributed by atoms with Gasteiger partial charge in [0.25, 0.3) is 0 Å². The molecule has 0 saturated heterocycles. The number of nitriles is 2. The molecule has 0 radical (unpaired) electrons. The minimum atomic E-state index is 0.506. The molecule has 6 aromatic carbocycles. The van der Waals surface area contributed by atoms with Gasteiger partial charge in [0.1, 0.15) is 16.7 Å². The summed E-state index contributed by atoms with van der Waals surface area (Å²) in [6.45, 7) is 0. The van der Waals surface area contributed by atoms with Crippen LogP contribution in [0.4, 0.5) is 0 Å². The highest BCUT2D eigenvalue weighted by Gasteiger charge is 2.21. The first-order chi connectivity index (χ1) is 21.2. The number of benzene rings is 6. The zero-order valence-corrected chi connectivity index (χ0v) is 22.6. The van der Waals surface area contributed by atoms with Gasteiger partial charge in [0.15, 0.2) is 5.58 Å². The Bertz CT molecular complexity index is 2650. The Morgan fingerprint density at radius 2 is 1.09 bits per heavy atom.